The van der Waals surface area contributed by atoms with E-state index in [4.69, 9.17) is 5.14 Å². The summed E-state index contributed by atoms with van der Waals surface area (Å²) in [6, 6.07) is 6.10. The first-order valence-electron chi connectivity index (χ1n) is 5.30. The largest absolute Gasteiger partial charge is 0.298 e. The lowest BCUT2D eigenvalue weighted by molar-refractivity contribution is 0.598. The van der Waals surface area contributed by atoms with E-state index in [2.05, 4.69) is 29.4 Å². The average Bonchev–Trinajstić information content (AvgIpc) is 2.71. The Morgan fingerprint density at radius 1 is 1.32 bits per heavy atom. The number of rotatable bonds is 4. The second-order valence-electron chi connectivity index (χ2n) is 3.79. The van der Waals surface area contributed by atoms with Gasteiger partial charge in [0.2, 0.25) is 10.0 Å². The molecule has 0 amide bonds. The van der Waals surface area contributed by atoms with Gasteiger partial charge in [-0.15, -0.1) is 29.4 Å². The second kappa shape index (κ2) is 5.16. The highest BCUT2D eigenvalue weighted by atomic mass is 32.2. The van der Waals surface area contributed by atoms with Gasteiger partial charge >= 0.3 is 0 Å². The molecule has 0 aliphatic carbocycles. The number of hydrogen-bond donors (Lipinski definition) is 2. The quantitative estimate of drug-likeness (QED) is 0.652. The monoisotopic (exact) mass is 296 g/mol. The lowest BCUT2D eigenvalue weighted by Gasteiger charge is -2.05. The van der Waals surface area contributed by atoms with Crippen LogP contribution in [-0.2, 0) is 16.6 Å². The molecule has 0 atom stereocenters. The van der Waals surface area contributed by atoms with Crippen LogP contribution in [0.1, 0.15) is 0 Å². The Hall–Kier alpha value is -1.64. The lowest BCUT2D eigenvalue weighted by Crippen LogP contribution is -2.11. The summed E-state index contributed by atoms with van der Waals surface area (Å²) < 4.78 is 24.1. The van der Waals surface area contributed by atoms with Crippen molar-refractivity contribution < 1.29 is 8.42 Å². The third kappa shape index (κ3) is 2.86. The summed E-state index contributed by atoms with van der Waals surface area (Å²) in [6.07, 6.45) is 1.70. The Morgan fingerprint density at radius 2 is 1.95 bits per heavy atom. The maximum absolute atomic E-state index is 11.2. The topological polar surface area (TPSA) is 90.9 Å². The van der Waals surface area contributed by atoms with E-state index in [1.165, 1.54) is 12.1 Å². The molecule has 0 bridgehead atoms. The van der Waals surface area contributed by atoms with Gasteiger partial charge < -0.3 is 0 Å². The predicted octanol–water partition coefficient (Wildman–Crippen LogP) is 1.07. The maximum atomic E-state index is 11.2. The Kier molecular flexibility index (Phi) is 3.74. The average molecular weight is 296 g/mol. The Morgan fingerprint density at radius 3 is 2.47 bits per heavy atom. The van der Waals surface area contributed by atoms with E-state index in [9.17, 15) is 8.42 Å². The minimum atomic E-state index is -3.69. The molecule has 2 aromatic rings. The smallest absolute Gasteiger partial charge is 0.238 e. The molecule has 100 valence electrons. The van der Waals surface area contributed by atoms with Gasteiger partial charge in [-0.1, -0.05) is 6.08 Å². The lowest BCUT2D eigenvalue weighted by atomic mass is 10.2. The van der Waals surface area contributed by atoms with E-state index in [0.717, 1.165) is 5.56 Å². The molecular formula is C11H12N4O2S2. The Bertz CT molecular complexity index is 705. The van der Waals surface area contributed by atoms with Gasteiger partial charge in [0.05, 0.1) is 4.90 Å². The summed E-state index contributed by atoms with van der Waals surface area (Å²) in [5.74, 6) is 0.589. The number of nitrogens with two attached hydrogens (primary N) is 1. The van der Waals surface area contributed by atoms with Gasteiger partial charge in [-0.25, -0.2) is 13.6 Å². The zero-order valence-electron chi connectivity index (χ0n) is 9.89. The van der Waals surface area contributed by atoms with Crippen LogP contribution in [0.5, 0.6) is 0 Å². The van der Waals surface area contributed by atoms with Crippen LogP contribution in [0.4, 0.5) is 0 Å². The Balaban J connectivity index is 2.46. The van der Waals surface area contributed by atoms with E-state index >= 15 is 0 Å². The number of thiol groups is 1. The van der Waals surface area contributed by atoms with Gasteiger partial charge in [-0.2, -0.15) is 0 Å². The third-order valence-corrected chi connectivity index (χ3v) is 3.74. The first-order chi connectivity index (χ1) is 8.93. The van der Waals surface area contributed by atoms with E-state index in [1.54, 1.807) is 22.8 Å². The number of benzene rings is 1. The predicted molar refractivity (Wildman–Crippen MR) is 74.3 cm³/mol. The molecule has 0 saturated carbocycles. The van der Waals surface area contributed by atoms with Gasteiger partial charge in [0.25, 0.3) is 0 Å². The van der Waals surface area contributed by atoms with Crippen LogP contribution in [0.2, 0.25) is 0 Å². The molecule has 1 heterocycles. The van der Waals surface area contributed by atoms with Crippen molar-refractivity contribution in [3.63, 3.8) is 0 Å². The molecule has 8 heteroatoms. The molecular weight excluding hydrogens is 284 g/mol. The van der Waals surface area contributed by atoms with Crippen LogP contribution >= 0.6 is 12.6 Å². The molecule has 0 aliphatic rings. The van der Waals surface area contributed by atoms with Gasteiger partial charge in [0, 0.05) is 12.1 Å². The van der Waals surface area contributed by atoms with Crippen LogP contribution < -0.4 is 5.14 Å². The third-order valence-electron chi connectivity index (χ3n) is 2.48. The van der Waals surface area contributed by atoms with Crippen molar-refractivity contribution in [2.45, 2.75) is 16.6 Å². The highest BCUT2D eigenvalue weighted by molar-refractivity contribution is 7.89. The number of sulfonamides is 1. The van der Waals surface area contributed by atoms with E-state index in [1.807, 2.05) is 0 Å². The van der Waals surface area contributed by atoms with Crippen LogP contribution in [0.15, 0.2) is 47.0 Å². The first kappa shape index (κ1) is 13.8. The summed E-state index contributed by atoms with van der Waals surface area (Å²) in [7, 11) is -3.69. The Labute approximate surface area is 116 Å². The molecule has 1 aromatic carbocycles. The molecule has 0 aliphatic heterocycles. The van der Waals surface area contributed by atoms with Crippen molar-refractivity contribution in [1.29, 1.82) is 0 Å². The molecule has 0 spiro atoms. The zero-order chi connectivity index (χ0) is 14.0. The highest BCUT2D eigenvalue weighted by Crippen LogP contribution is 2.21. The fourth-order valence-electron chi connectivity index (χ4n) is 1.60. The summed E-state index contributed by atoms with van der Waals surface area (Å²) in [6.45, 7) is 4.16. The van der Waals surface area contributed by atoms with Crippen molar-refractivity contribution in [1.82, 2.24) is 14.8 Å². The molecule has 0 saturated heterocycles. The minimum Gasteiger partial charge on any atom is -0.298 e. The molecule has 0 fully saturated rings. The van der Waals surface area contributed by atoms with E-state index in [-0.39, 0.29) is 4.90 Å². The van der Waals surface area contributed by atoms with Crippen LogP contribution in [0.3, 0.4) is 0 Å². The van der Waals surface area contributed by atoms with Gasteiger partial charge in [0.1, 0.15) is 0 Å². The maximum Gasteiger partial charge on any atom is 0.238 e. The molecule has 19 heavy (non-hydrogen) atoms. The van der Waals surface area contributed by atoms with Crippen molar-refractivity contribution in [3.8, 4) is 11.4 Å². The van der Waals surface area contributed by atoms with Crippen LogP contribution in [-0.4, -0.2) is 23.2 Å². The second-order valence-corrected chi connectivity index (χ2v) is 5.75. The van der Waals surface area contributed by atoms with Crippen LogP contribution in [0, 0.1) is 0 Å². The number of primary sulfonamides is 1. The van der Waals surface area contributed by atoms with Crippen molar-refractivity contribution in [2.75, 3.05) is 0 Å². The van der Waals surface area contributed by atoms with Crippen molar-refractivity contribution in [3.05, 3.63) is 36.9 Å². The summed E-state index contributed by atoms with van der Waals surface area (Å²) >= 11 is 4.19. The molecule has 0 unspecified atom stereocenters. The summed E-state index contributed by atoms with van der Waals surface area (Å²) in [4.78, 5) is 0.0529. The normalized spacial score (nSPS) is 11.5. The minimum absolute atomic E-state index is 0.0529. The molecule has 1 aromatic heterocycles. The standard InChI is InChI=1S/C11H12N4O2S2/c1-2-7-15-10(13-14-11(15)18)8-3-5-9(6-4-8)19(12,16)17/h2-6H,1,7H2,(H,14,18)(H2,12,16,17). The van der Waals surface area contributed by atoms with Gasteiger partial charge in [-0.3, -0.25) is 4.57 Å². The van der Waals surface area contributed by atoms with Crippen LogP contribution in [0.25, 0.3) is 11.4 Å². The van der Waals surface area contributed by atoms with Crippen molar-refractivity contribution >= 4 is 22.7 Å². The van der Waals surface area contributed by atoms with Gasteiger partial charge in [0.15, 0.2) is 11.0 Å². The fourth-order valence-corrected chi connectivity index (χ4v) is 2.34. The number of hydrogen-bond acceptors (Lipinski definition) is 5. The van der Waals surface area contributed by atoms with Crippen molar-refractivity contribution in [2.24, 2.45) is 5.14 Å². The first-order valence-corrected chi connectivity index (χ1v) is 7.29. The number of allylic oxidation sites excluding steroid dienone is 1. The van der Waals surface area contributed by atoms with E-state index < -0.39 is 10.0 Å². The van der Waals surface area contributed by atoms with Gasteiger partial charge in [-0.05, 0) is 24.3 Å². The zero-order valence-corrected chi connectivity index (χ0v) is 11.6. The van der Waals surface area contributed by atoms with E-state index in [0.29, 0.717) is 17.5 Å². The molecule has 2 rings (SSSR count). The number of aromatic nitrogens is 3. The summed E-state index contributed by atoms with van der Waals surface area (Å²) in [5.41, 5.74) is 0.724. The summed E-state index contributed by atoms with van der Waals surface area (Å²) in [5, 5.41) is 13.4. The molecule has 6 nitrogen and oxygen atoms in total. The number of nitrogens with zero attached hydrogens (tertiary/aromatic N) is 3. The highest BCUT2D eigenvalue weighted by Gasteiger charge is 2.12. The SMILES string of the molecule is C=CCn1c(S)nnc1-c1ccc(S(N)(=O)=O)cc1. The molecule has 2 N–H and O–H groups in total. The fraction of sp³-hybridized carbons (Fsp3) is 0.0909. The molecule has 0 radical (unpaired) electrons.